The van der Waals surface area contributed by atoms with Gasteiger partial charge in [0.05, 0.1) is 5.56 Å². The van der Waals surface area contributed by atoms with Gasteiger partial charge in [-0.1, -0.05) is 5.16 Å². The topological polar surface area (TPSA) is 26.0 Å². The molecule has 0 saturated heterocycles. The second-order valence-electron chi connectivity index (χ2n) is 3.45. The molecule has 0 radical (unpaired) electrons. The highest BCUT2D eigenvalue weighted by atomic mass is 19.4. The van der Waals surface area contributed by atoms with E-state index in [9.17, 15) is 13.2 Å². The first-order valence-electron chi connectivity index (χ1n) is 4.33. The van der Waals surface area contributed by atoms with Crippen molar-refractivity contribution in [2.24, 2.45) is 0 Å². The van der Waals surface area contributed by atoms with E-state index < -0.39 is 11.7 Å². The summed E-state index contributed by atoms with van der Waals surface area (Å²) in [5.41, 5.74) is -0.318. The minimum atomic E-state index is -4.40. The van der Waals surface area contributed by atoms with Gasteiger partial charge in [-0.3, -0.25) is 0 Å². The summed E-state index contributed by atoms with van der Waals surface area (Å²) in [7, 11) is 0. The van der Waals surface area contributed by atoms with Gasteiger partial charge in [0, 0.05) is 5.39 Å². The smallest absolute Gasteiger partial charge is 0.360 e. The third-order valence-electron chi connectivity index (χ3n) is 2.21. The molecule has 2 nitrogen and oxygen atoms in total. The third-order valence-corrected chi connectivity index (χ3v) is 2.21. The average molecular weight is 215 g/mol. The summed E-state index contributed by atoms with van der Waals surface area (Å²) in [6.45, 7) is 3.20. The van der Waals surface area contributed by atoms with Gasteiger partial charge in [-0.05, 0) is 31.5 Å². The molecule has 0 aliphatic rings. The van der Waals surface area contributed by atoms with Crippen molar-refractivity contribution >= 4 is 10.9 Å². The van der Waals surface area contributed by atoms with Crippen LogP contribution in [0.1, 0.15) is 16.9 Å². The van der Waals surface area contributed by atoms with Crippen LogP contribution in [-0.2, 0) is 6.18 Å². The van der Waals surface area contributed by atoms with Gasteiger partial charge in [0.15, 0.2) is 0 Å². The standard InChI is InChI=1S/C10H8F3NO/c1-5-3-7-6(2)15-14-9(7)8(4-5)10(11,12)13/h3-4H,1-2H3. The molecule has 0 atom stereocenters. The van der Waals surface area contributed by atoms with Gasteiger partial charge in [0.1, 0.15) is 11.3 Å². The second kappa shape index (κ2) is 2.98. The second-order valence-corrected chi connectivity index (χ2v) is 3.45. The van der Waals surface area contributed by atoms with Crippen molar-refractivity contribution in [1.29, 1.82) is 0 Å². The van der Waals surface area contributed by atoms with Crippen LogP contribution in [0.5, 0.6) is 0 Å². The molecular weight excluding hydrogens is 207 g/mol. The SMILES string of the molecule is Cc1cc(C(F)(F)F)c2noc(C)c2c1. The van der Waals surface area contributed by atoms with Gasteiger partial charge in [-0.2, -0.15) is 13.2 Å². The van der Waals surface area contributed by atoms with Gasteiger partial charge in [0.25, 0.3) is 0 Å². The average Bonchev–Trinajstić information content (AvgIpc) is 2.45. The lowest BCUT2D eigenvalue weighted by molar-refractivity contribution is -0.136. The molecule has 1 heterocycles. The Morgan fingerprint density at radius 2 is 1.87 bits per heavy atom. The predicted octanol–water partition coefficient (Wildman–Crippen LogP) is 3.46. The van der Waals surface area contributed by atoms with E-state index in [2.05, 4.69) is 5.16 Å². The van der Waals surface area contributed by atoms with E-state index in [0.717, 1.165) is 6.07 Å². The van der Waals surface area contributed by atoms with Gasteiger partial charge >= 0.3 is 6.18 Å². The monoisotopic (exact) mass is 215 g/mol. The van der Waals surface area contributed by atoms with E-state index in [1.54, 1.807) is 19.9 Å². The molecule has 0 spiro atoms. The van der Waals surface area contributed by atoms with E-state index in [1.165, 1.54) is 0 Å². The third kappa shape index (κ3) is 1.58. The summed E-state index contributed by atoms with van der Waals surface area (Å²) < 4.78 is 42.6. The number of fused-ring (bicyclic) bond motifs is 1. The van der Waals surface area contributed by atoms with E-state index >= 15 is 0 Å². The molecule has 5 heteroatoms. The minimum Gasteiger partial charge on any atom is -0.360 e. The highest BCUT2D eigenvalue weighted by Gasteiger charge is 2.34. The van der Waals surface area contributed by atoms with Crippen molar-refractivity contribution in [3.63, 3.8) is 0 Å². The van der Waals surface area contributed by atoms with Crippen molar-refractivity contribution in [2.45, 2.75) is 20.0 Å². The van der Waals surface area contributed by atoms with E-state index in [0.29, 0.717) is 16.7 Å². The molecule has 2 aromatic rings. The number of aromatic nitrogens is 1. The van der Waals surface area contributed by atoms with E-state index in [1.807, 2.05) is 0 Å². The summed E-state index contributed by atoms with van der Waals surface area (Å²) in [6, 6.07) is 2.71. The number of rotatable bonds is 0. The summed E-state index contributed by atoms with van der Waals surface area (Å²) in [4.78, 5) is 0. The van der Waals surface area contributed by atoms with Crippen LogP contribution in [-0.4, -0.2) is 5.16 Å². The number of nitrogens with zero attached hydrogens (tertiary/aromatic N) is 1. The molecule has 0 fully saturated rings. The molecule has 0 saturated carbocycles. The first-order chi connectivity index (χ1) is 6.89. The number of hydrogen-bond donors (Lipinski definition) is 0. The quantitative estimate of drug-likeness (QED) is 0.672. The van der Waals surface area contributed by atoms with Gasteiger partial charge in [-0.25, -0.2) is 0 Å². The lowest BCUT2D eigenvalue weighted by atomic mass is 10.1. The van der Waals surface area contributed by atoms with Crippen LogP contribution in [0.4, 0.5) is 13.2 Å². The minimum absolute atomic E-state index is 0.120. The lowest BCUT2D eigenvalue weighted by Gasteiger charge is -2.07. The van der Waals surface area contributed by atoms with Crippen LogP contribution in [0.15, 0.2) is 16.7 Å². The van der Waals surface area contributed by atoms with Crippen LogP contribution in [0, 0.1) is 13.8 Å². The Labute approximate surface area is 83.7 Å². The molecule has 0 bridgehead atoms. The molecule has 0 N–H and O–H groups in total. The molecule has 0 aliphatic heterocycles. The summed E-state index contributed by atoms with van der Waals surface area (Å²) in [6.07, 6.45) is -4.40. The Balaban J connectivity index is 2.84. The number of hydrogen-bond acceptors (Lipinski definition) is 2. The fourth-order valence-electron chi connectivity index (χ4n) is 1.52. The fourth-order valence-corrected chi connectivity index (χ4v) is 1.52. The predicted molar refractivity (Wildman–Crippen MR) is 48.5 cm³/mol. The number of aryl methyl sites for hydroxylation is 2. The van der Waals surface area contributed by atoms with Gasteiger partial charge < -0.3 is 4.52 Å². The summed E-state index contributed by atoms with van der Waals surface area (Å²) >= 11 is 0. The Bertz CT molecular complexity index is 513. The highest BCUT2D eigenvalue weighted by molar-refractivity contribution is 5.84. The van der Waals surface area contributed by atoms with Crippen molar-refractivity contribution < 1.29 is 17.7 Å². The van der Waals surface area contributed by atoms with Crippen LogP contribution < -0.4 is 0 Å². The Hall–Kier alpha value is -1.52. The Kier molecular flexibility index (Phi) is 1.99. The molecular formula is C10H8F3NO. The van der Waals surface area contributed by atoms with Crippen LogP contribution >= 0.6 is 0 Å². The number of benzene rings is 1. The van der Waals surface area contributed by atoms with Gasteiger partial charge in [0.2, 0.25) is 0 Å². The normalized spacial score (nSPS) is 12.3. The molecule has 1 aromatic heterocycles. The first kappa shape index (κ1) is 10.0. The fraction of sp³-hybridized carbons (Fsp3) is 0.300. The van der Waals surface area contributed by atoms with Crippen molar-refractivity contribution in [1.82, 2.24) is 5.16 Å². The molecule has 2 rings (SSSR count). The van der Waals surface area contributed by atoms with E-state index in [4.69, 9.17) is 4.52 Å². The van der Waals surface area contributed by atoms with Crippen molar-refractivity contribution in [3.8, 4) is 0 Å². The largest absolute Gasteiger partial charge is 0.418 e. The maximum Gasteiger partial charge on any atom is 0.418 e. The van der Waals surface area contributed by atoms with Gasteiger partial charge in [-0.15, -0.1) is 0 Å². The zero-order valence-electron chi connectivity index (χ0n) is 8.14. The number of alkyl halides is 3. The Morgan fingerprint density at radius 1 is 1.20 bits per heavy atom. The maximum atomic E-state index is 12.6. The number of halogens is 3. The molecule has 15 heavy (non-hydrogen) atoms. The first-order valence-corrected chi connectivity index (χ1v) is 4.33. The maximum absolute atomic E-state index is 12.6. The highest BCUT2D eigenvalue weighted by Crippen LogP contribution is 2.35. The molecule has 80 valence electrons. The van der Waals surface area contributed by atoms with Crippen LogP contribution in [0.25, 0.3) is 10.9 Å². The van der Waals surface area contributed by atoms with Crippen molar-refractivity contribution in [3.05, 3.63) is 29.0 Å². The molecule has 0 unspecified atom stereocenters. The zero-order chi connectivity index (χ0) is 11.2. The van der Waals surface area contributed by atoms with E-state index in [-0.39, 0.29) is 5.52 Å². The van der Waals surface area contributed by atoms with Crippen molar-refractivity contribution in [2.75, 3.05) is 0 Å². The summed E-state index contributed by atoms with van der Waals surface area (Å²) in [5.74, 6) is 0.402. The molecule has 0 amide bonds. The lowest BCUT2D eigenvalue weighted by Crippen LogP contribution is -2.06. The summed E-state index contributed by atoms with van der Waals surface area (Å²) in [5, 5.41) is 3.85. The molecule has 1 aromatic carbocycles. The zero-order valence-corrected chi connectivity index (χ0v) is 8.14. The Morgan fingerprint density at radius 3 is 2.47 bits per heavy atom. The van der Waals surface area contributed by atoms with Crippen LogP contribution in [0.3, 0.4) is 0 Å². The molecule has 0 aliphatic carbocycles. The van der Waals surface area contributed by atoms with Crippen LogP contribution in [0.2, 0.25) is 0 Å².